The molecule has 3 aromatic rings. The van der Waals surface area contributed by atoms with Crippen molar-refractivity contribution in [2.45, 2.75) is 13.5 Å². The summed E-state index contributed by atoms with van der Waals surface area (Å²) in [6, 6.07) is 16.1. The third kappa shape index (κ3) is 5.30. The number of nitrogens with zero attached hydrogens (tertiary/aromatic N) is 2. The SMILES string of the molecule is CCOc1ccc(C(=O)NC(=NCc2cccnc2)Nc2ccc3c(c2)OCO3)cc1. The molecule has 0 saturated heterocycles. The Morgan fingerprint density at radius 1 is 1.13 bits per heavy atom. The number of hydrogen-bond acceptors (Lipinski definition) is 6. The minimum atomic E-state index is -0.291. The molecule has 1 aliphatic rings. The van der Waals surface area contributed by atoms with Gasteiger partial charge in [0.1, 0.15) is 5.75 Å². The molecule has 0 aliphatic carbocycles. The van der Waals surface area contributed by atoms with E-state index in [-0.39, 0.29) is 12.7 Å². The van der Waals surface area contributed by atoms with E-state index in [0.717, 1.165) is 5.56 Å². The zero-order chi connectivity index (χ0) is 21.5. The lowest BCUT2D eigenvalue weighted by Crippen LogP contribution is -2.36. The van der Waals surface area contributed by atoms with Crippen molar-refractivity contribution in [1.82, 2.24) is 10.3 Å². The fourth-order valence-corrected chi connectivity index (χ4v) is 2.93. The normalized spacial score (nSPS) is 12.4. The van der Waals surface area contributed by atoms with Crippen LogP contribution < -0.4 is 24.8 Å². The molecule has 8 nitrogen and oxygen atoms in total. The largest absolute Gasteiger partial charge is 0.494 e. The number of ether oxygens (including phenoxy) is 3. The number of carbonyl (C=O) groups excluding carboxylic acids is 1. The van der Waals surface area contributed by atoms with Gasteiger partial charge in [-0.25, -0.2) is 4.99 Å². The number of anilines is 1. The van der Waals surface area contributed by atoms with Crippen molar-refractivity contribution in [1.29, 1.82) is 0 Å². The molecule has 8 heteroatoms. The monoisotopic (exact) mass is 418 g/mol. The summed E-state index contributed by atoms with van der Waals surface area (Å²) in [5, 5.41) is 5.99. The van der Waals surface area contributed by atoms with Gasteiger partial charge in [0.15, 0.2) is 11.5 Å². The summed E-state index contributed by atoms with van der Waals surface area (Å²) in [6.45, 7) is 3.02. The summed E-state index contributed by atoms with van der Waals surface area (Å²) < 4.78 is 16.2. The number of carbonyl (C=O) groups is 1. The fraction of sp³-hybridized carbons (Fsp3) is 0.174. The highest BCUT2D eigenvalue weighted by molar-refractivity contribution is 6.10. The van der Waals surface area contributed by atoms with Crippen molar-refractivity contribution in [3.8, 4) is 17.2 Å². The summed E-state index contributed by atoms with van der Waals surface area (Å²) in [5.74, 6) is 2.04. The number of fused-ring (bicyclic) bond motifs is 1. The van der Waals surface area contributed by atoms with E-state index in [9.17, 15) is 4.79 Å². The molecule has 1 aromatic heterocycles. The van der Waals surface area contributed by atoms with E-state index >= 15 is 0 Å². The van der Waals surface area contributed by atoms with Crippen molar-refractivity contribution in [3.05, 3.63) is 78.1 Å². The van der Waals surface area contributed by atoms with Gasteiger partial charge < -0.3 is 19.5 Å². The highest BCUT2D eigenvalue weighted by Gasteiger charge is 2.15. The minimum Gasteiger partial charge on any atom is -0.494 e. The smallest absolute Gasteiger partial charge is 0.257 e. The van der Waals surface area contributed by atoms with Crippen molar-refractivity contribution in [2.24, 2.45) is 4.99 Å². The van der Waals surface area contributed by atoms with E-state index in [2.05, 4.69) is 20.6 Å². The van der Waals surface area contributed by atoms with E-state index in [0.29, 0.717) is 47.6 Å². The lowest BCUT2D eigenvalue weighted by atomic mass is 10.2. The molecule has 1 aliphatic heterocycles. The van der Waals surface area contributed by atoms with Gasteiger partial charge in [-0.3, -0.25) is 15.1 Å². The Balaban J connectivity index is 1.52. The molecule has 0 saturated carbocycles. The fourth-order valence-electron chi connectivity index (χ4n) is 2.93. The van der Waals surface area contributed by atoms with Crippen molar-refractivity contribution >= 4 is 17.6 Å². The van der Waals surface area contributed by atoms with E-state index in [1.54, 1.807) is 48.8 Å². The zero-order valence-corrected chi connectivity index (χ0v) is 17.0. The van der Waals surface area contributed by atoms with Crippen molar-refractivity contribution in [2.75, 3.05) is 18.7 Å². The molecule has 0 unspecified atom stereocenters. The summed E-state index contributed by atoms with van der Waals surface area (Å²) >= 11 is 0. The topological polar surface area (TPSA) is 94.1 Å². The molecular weight excluding hydrogens is 396 g/mol. The maximum absolute atomic E-state index is 12.8. The molecule has 0 atom stereocenters. The Labute approximate surface area is 179 Å². The van der Waals surface area contributed by atoms with Crippen LogP contribution in [0.1, 0.15) is 22.8 Å². The van der Waals surface area contributed by atoms with Gasteiger partial charge in [-0.2, -0.15) is 0 Å². The van der Waals surface area contributed by atoms with Gasteiger partial charge >= 0.3 is 0 Å². The van der Waals surface area contributed by atoms with Crippen LogP contribution in [0, 0.1) is 0 Å². The number of benzene rings is 2. The van der Waals surface area contributed by atoms with Gasteiger partial charge in [0.05, 0.1) is 13.2 Å². The van der Waals surface area contributed by atoms with Gasteiger partial charge in [0.25, 0.3) is 5.91 Å². The van der Waals surface area contributed by atoms with Crippen LogP contribution in [-0.2, 0) is 6.54 Å². The zero-order valence-electron chi connectivity index (χ0n) is 17.0. The Morgan fingerprint density at radius 3 is 2.74 bits per heavy atom. The average molecular weight is 418 g/mol. The van der Waals surface area contributed by atoms with Crippen LogP contribution in [-0.4, -0.2) is 30.3 Å². The Hall–Kier alpha value is -4.07. The number of pyridine rings is 1. The molecule has 0 spiro atoms. The Kier molecular flexibility index (Phi) is 6.27. The number of rotatable bonds is 6. The predicted molar refractivity (Wildman–Crippen MR) is 117 cm³/mol. The molecule has 4 rings (SSSR count). The lowest BCUT2D eigenvalue weighted by molar-refractivity contribution is 0.0977. The maximum atomic E-state index is 12.8. The first-order chi connectivity index (χ1) is 15.2. The summed E-state index contributed by atoms with van der Waals surface area (Å²) in [4.78, 5) is 21.4. The summed E-state index contributed by atoms with van der Waals surface area (Å²) in [5.41, 5.74) is 2.12. The predicted octanol–water partition coefficient (Wildman–Crippen LogP) is 3.61. The third-order valence-corrected chi connectivity index (χ3v) is 4.44. The number of guanidine groups is 1. The van der Waals surface area contributed by atoms with E-state index in [4.69, 9.17) is 14.2 Å². The summed E-state index contributed by atoms with van der Waals surface area (Å²) in [7, 11) is 0. The molecule has 31 heavy (non-hydrogen) atoms. The van der Waals surface area contributed by atoms with Crippen LogP contribution in [0.2, 0.25) is 0 Å². The standard InChI is InChI=1S/C23H22N4O4/c1-2-29-19-8-5-17(6-9-19)22(28)27-23(25-14-16-4-3-11-24-13-16)26-18-7-10-20-21(12-18)31-15-30-20/h3-13H,2,14-15H2,1H3,(H2,25,26,27,28). The molecular formula is C23H22N4O4. The van der Waals surface area contributed by atoms with Crippen LogP contribution >= 0.6 is 0 Å². The van der Waals surface area contributed by atoms with Gasteiger partial charge in [0.2, 0.25) is 12.8 Å². The molecule has 158 valence electrons. The van der Waals surface area contributed by atoms with Crippen LogP contribution in [0.4, 0.5) is 5.69 Å². The number of nitrogens with one attached hydrogen (secondary N) is 2. The number of hydrogen-bond donors (Lipinski definition) is 2. The van der Waals surface area contributed by atoms with Crippen LogP contribution in [0.3, 0.4) is 0 Å². The van der Waals surface area contributed by atoms with Gasteiger partial charge in [-0.1, -0.05) is 6.07 Å². The van der Waals surface area contributed by atoms with Gasteiger partial charge in [-0.05, 0) is 55.0 Å². The van der Waals surface area contributed by atoms with Crippen LogP contribution in [0.5, 0.6) is 17.2 Å². The molecule has 0 fully saturated rings. The first-order valence-electron chi connectivity index (χ1n) is 9.85. The second kappa shape index (κ2) is 9.62. The quantitative estimate of drug-likeness (QED) is 0.469. The van der Waals surface area contributed by atoms with Gasteiger partial charge in [0, 0.05) is 29.7 Å². The van der Waals surface area contributed by atoms with Crippen LogP contribution in [0.25, 0.3) is 0 Å². The molecule has 2 heterocycles. The third-order valence-electron chi connectivity index (χ3n) is 4.44. The second-order valence-electron chi connectivity index (χ2n) is 6.63. The van der Waals surface area contributed by atoms with Crippen molar-refractivity contribution in [3.63, 3.8) is 0 Å². The molecule has 1 amide bonds. The average Bonchev–Trinajstić information content (AvgIpc) is 3.27. The van der Waals surface area contributed by atoms with Gasteiger partial charge in [-0.15, -0.1) is 0 Å². The van der Waals surface area contributed by atoms with E-state index < -0.39 is 0 Å². The highest BCUT2D eigenvalue weighted by Crippen LogP contribution is 2.34. The number of aromatic nitrogens is 1. The first kappa shape index (κ1) is 20.2. The number of amides is 1. The lowest BCUT2D eigenvalue weighted by Gasteiger charge is -2.13. The maximum Gasteiger partial charge on any atom is 0.257 e. The molecule has 2 aromatic carbocycles. The molecule has 0 bridgehead atoms. The second-order valence-corrected chi connectivity index (χ2v) is 6.63. The van der Waals surface area contributed by atoms with Crippen molar-refractivity contribution < 1.29 is 19.0 Å². The van der Waals surface area contributed by atoms with E-state index in [1.165, 1.54) is 0 Å². The van der Waals surface area contributed by atoms with E-state index in [1.807, 2.05) is 25.1 Å². The summed E-state index contributed by atoms with van der Waals surface area (Å²) in [6.07, 6.45) is 3.43. The number of aliphatic imine (C=N–C) groups is 1. The molecule has 2 N–H and O–H groups in total. The minimum absolute atomic E-state index is 0.190. The molecule has 0 radical (unpaired) electrons. The highest BCUT2D eigenvalue weighted by atomic mass is 16.7. The van der Waals surface area contributed by atoms with Crippen LogP contribution in [0.15, 0.2) is 72.0 Å². The Bertz CT molecular complexity index is 1070. The first-order valence-corrected chi connectivity index (χ1v) is 9.85. The Morgan fingerprint density at radius 2 is 1.97 bits per heavy atom.